The van der Waals surface area contributed by atoms with Crippen LogP contribution in [0.5, 0.6) is 0 Å². The molecule has 0 spiro atoms. The molecular formula is C21H28N2O2S. The first-order valence-electron chi connectivity index (χ1n) is 9.36. The molecule has 0 aromatic heterocycles. The number of benzene rings is 2. The number of anilines is 1. The zero-order valence-corrected chi connectivity index (χ0v) is 16.2. The topological polar surface area (TPSA) is 49.4 Å². The van der Waals surface area contributed by atoms with E-state index in [1.807, 2.05) is 54.6 Å². The second kappa shape index (κ2) is 8.69. The summed E-state index contributed by atoms with van der Waals surface area (Å²) >= 11 is 0. The maximum Gasteiger partial charge on any atom is 0.236 e. The number of nitrogens with one attached hydrogen (secondary N) is 1. The molecular weight excluding hydrogens is 344 g/mol. The van der Waals surface area contributed by atoms with E-state index in [0.717, 1.165) is 17.7 Å². The molecule has 0 saturated heterocycles. The monoisotopic (exact) mass is 372 g/mol. The van der Waals surface area contributed by atoms with Crippen molar-refractivity contribution in [1.29, 1.82) is 0 Å². The Bertz CT molecular complexity index is 800. The van der Waals surface area contributed by atoms with E-state index < -0.39 is 10.0 Å². The minimum atomic E-state index is -3.44. The third-order valence-corrected chi connectivity index (χ3v) is 6.34. The predicted octanol–water partition coefficient (Wildman–Crippen LogP) is 4.39. The van der Waals surface area contributed by atoms with E-state index in [0.29, 0.717) is 11.7 Å². The highest BCUT2D eigenvalue weighted by Gasteiger charge is 2.20. The van der Waals surface area contributed by atoms with Gasteiger partial charge in [0.25, 0.3) is 0 Å². The van der Waals surface area contributed by atoms with Crippen molar-refractivity contribution in [2.75, 3.05) is 11.8 Å². The van der Waals surface area contributed by atoms with Crippen molar-refractivity contribution in [3.05, 3.63) is 65.7 Å². The fraction of sp³-hybridized carbons (Fsp3) is 0.429. The zero-order chi connectivity index (χ0) is 18.4. The smallest absolute Gasteiger partial charge is 0.236 e. The number of rotatable bonds is 7. The van der Waals surface area contributed by atoms with E-state index in [1.165, 1.54) is 32.1 Å². The van der Waals surface area contributed by atoms with Gasteiger partial charge in [0.05, 0.1) is 11.4 Å². The van der Waals surface area contributed by atoms with Crippen molar-refractivity contribution in [2.24, 2.45) is 0 Å². The van der Waals surface area contributed by atoms with E-state index in [4.69, 9.17) is 0 Å². The molecule has 1 aliphatic rings. The highest BCUT2D eigenvalue weighted by Crippen LogP contribution is 2.25. The summed E-state index contributed by atoms with van der Waals surface area (Å²) in [4.78, 5) is 2.36. The van der Waals surface area contributed by atoms with Gasteiger partial charge in [-0.05, 0) is 37.1 Å². The molecule has 0 heterocycles. The van der Waals surface area contributed by atoms with Crippen LogP contribution in [0.25, 0.3) is 0 Å². The molecule has 1 saturated carbocycles. The van der Waals surface area contributed by atoms with Gasteiger partial charge in [-0.1, -0.05) is 67.8 Å². The minimum absolute atomic E-state index is 0.0133. The van der Waals surface area contributed by atoms with Crippen molar-refractivity contribution < 1.29 is 8.42 Å². The number of nitrogens with zero attached hydrogens (tertiary/aromatic N) is 1. The molecule has 2 aromatic rings. The first-order valence-corrected chi connectivity index (χ1v) is 11.0. The second-order valence-electron chi connectivity index (χ2n) is 7.21. The summed E-state index contributed by atoms with van der Waals surface area (Å²) < 4.78 is 28.0. The Labute approximate surface area is 157 Å². The number of para-hydroxylation sites is 1. The third kappa shape index (κ3) is 5.32. The normalized spacial score (nSPS) is 15.9. The minimum Gasteiger partial charge on any atom is -0.299 e. The summed E-state index contributed by atoms with van der Waals surface area (Å²) in [5.41, 5.74) is 2.50. The molecule has 26 heavy (non-hydrogen) atoms. The van der Waals surface area contributed by atoms with Crippen LogP contribution in [0.2, 0.25) is 0 Å². The molecule has 0 radical (unpaired) electrons. The molecule has 1 fully saturated rings. The summed E-state index contributed by atoms with van der Waals surface area (Å²) in [6.45, 7) is 0.759. The van der Waals surface area contributed by atoms with Crippen LogP contribution >= 0.6 is 0 Å². The predicted molar refractivity (Wildman–Crippen MR) is 107 cm³/mol. The van der Waals surface area contributed by atoms with Gasteiger partial charge >= 0.3 is 0 Å². The quantitative estimate of drug-likeness (QED) is 0.784. The van der Waals surface area contributed by atoms with E-state index in [2.05, 4.69) is 16.7 Å². The van der Waals surface area contributed by atoms with E-state index in [1.54, 1.807) is 0 Å². The third-order valence-electron chi connectivity index (χ3n) is 5.10. The Morgan fingerprint density at radius 2 is 1.62 bits per heavy atom. The Morgan fingerprint density at radius 3 is 2.35 bits per heavy atom. The van der Waals surface area contributed by atoms with E-state index in [-0.39, 0.29) is 5.75 Å². The van der Waals surface area contributed by atoms with E-state index >= 15 is 0 Å². The number of hydrogen-bond donors (Lipinski definition) is 1. The van der Waals surface area contributed by atoms with Crippen molar-refractivity contribution in [1.82, 2.24) is 4.90 Å². The Kier molecular flexibility index (Phi) is 6.33. The molecule has 0 bridgehead atoms. The van der Waals surface area contributed by atoms with Crippen LogP contribution in [-0.4, -0.2) is 26.4 Å². The lowest BCUT2D eigenvalue weighted by atomic mass is 9.94. The van der Waals surface area contributed by atoms with Gasteiger partial charge in [-0.15, -0.1) is 0 Å². The van der Waals surface area contributed by atoms with Crippen molar-refractivity contribution >= 4 is 15.7 Å². The number of hydrogen-bond acceptors (Lipinski definition) is 3. The van der Waals surface area contributed by atoms with Gasteiger partial charge in [0, 0.05) is 12.6 Å². The molecule has 1 N–H and O–H groups in total. The molecule has 1 aliphatic carbocycles. The summed E-state index contributed by atoms with van der Waals surface area (Å²) in [5.74, 6) is -0.0133. The summed E-state index contributed by atoms with van der Waals surface area (Å²) in [6.07, 6.45) is 6.39. The van der Waals surface area contributed by atoms with Gasteiger partial charge < -0.3 is 0 Å². The largest absolute Gasteiger partial charge is 0.299 e. The lowest BCUT2D eigenvalue weighted by molar-refractivity contribution is 0.185. The molecule has 0 unspecified atom stereocenters. The van der Waals surface area contributed by atoms with Crippen LogP contribution in [0.4, 0.5) is 5.69 Å². The van der Waals surface area contributed by atoms with Crippen LogP contribution in [0, 0.1) is 0 Å². The number of sulfonamides is 1. The first kappa shape index (κ1) is 18.9. The van der Waals surface area contributed by atoms with Gasteiger partial charge in [0.2, 0.25) is 10.0 Å². The Balaban J connectivity index is 1.70. The second-order valence-corrected chi connectivity index (χ2v) is 8.93. The highest BCUT2D eigenvalue weighted by molar-refractivity contribution is 7.91. The van der Waals surface area contributed by atoms with Crippen LogP contribution < -0.4 is 4.72 Å². The summed E-state index contributed by atoms with van der Waals surface area (Å²) in [6, 6.07) is 17.6. The van der Waals surface area contributed by atoms with Crippen LogP contribution in [-0.2, 0) is 22.3 Å². The fourth-order valence-electron chi connectivity index (χ4n) is 3.67. The average molecular weight is 373 g/mol. The van der Waals surface area contributed by atoms with Crippen molar-refractivity contribution in [2.45, 2.75) is 50.4 Å². The first-order chi connectivity index (χ1) is 12.5. The molecule has 0 aliphatic heterocycles. The standard InChI is InChI=1S/C21H28N2O2S/c1-23(20-13-6-3-7-14-20)16-19-12-8-9-15-21(19)22-26(24,25)17-18-10-4-2-5-11-18/h2,4-5,8-12,15,20,22H,3,6-7,13-14,16-17H2,1H3. The van der Waals surface area contributed by atoms with Crippen LogP contribution in [0.15, 0.2) is 54.6 Å². The fourth-order valence-corrected chi connectivity index (χ4v) is 4.91. The van der Waals surface area contributed by atoms with Gasteiger partial charge in [-0.25, -0.2) is 8.42 Å². The van der Waals surface area contributed by atoms with Gasteiger partial charge in [-0.3, -0.25) is 9.62 Å². The van der Waals surface area contributed by atoms with Crippen molar-refractivity contribution in [3.63, 3.8) is 0 Å². The average Bonchev–Trinajstić information content (AvgIpc) is 2.64. The zero-order valence-electron chi connectivity index (χ0n) is 15.4. The molecule has 0 amide bonds. The lowest BCUT2D eigenvalue weighted by Crippen LogP contribution is -2.33. The Hall–Kier alpha value is -1.85. The lowest BCUT2D eigenvalue weighted by Gasteiger charge is -2.31. The van der Waals surface area contributed by atoms with Crippen LogP contribution in [0.1, 0.15) is 43.2 Å². The maximum absolute atomic E-state index is 12.6. The van der Waals surface area contributed by atoms with Gasteiger partial charge in [-0.2, -0.15) is 0 Å². The van der Waals surface area contributed by atoms with Crippen molar-refractivity contribution in [3.8, 4) is 0 Å². The summed E-state index contributed by atoms with van der Waals surface area (Å²) in [5, 5.41) is 0. The van der Waals surface area contributed by atoms with E-state index in [9.17, 15) is 8.42 Å². The van der Waals surface area contributed by atoms with Gasteiger partial charge in [0.1, 0.15) is 0 Å². The SMILES string of the molecule is CN(Cc1ccccc1NS(=O)(=O)Cc1ccccc1)C1CCCCC1. The molecule has 2 aromatic carbocycles. The molecule has 4 nitrogen and oxygen atoms in total. The Morgan fingerprint density at radius 1 is 0.962 bits per heavy atom. The maximum atomic E-state index is 12.6. The molecule has 140 valence electrons. The summed E-state index contributed by atoms with van der Waals surface area (Å²) in [7, 11) is -1.30. The highest BCUT2D eigenvalue weighted by atomic mass is 32.2. The van der Waals surface area contributed by atoms with Gasteiger partial charge in [0.15, 0.2) is 0 Å². The molecule has 0 atom stereocenters. The van der Waals surface area contributed by atoms with Crippen LogP contribution in [0.3, 0.4) is 0 Å². The molecule has 3 rings (SSSR count). The molecule has 5 heteroatoms.